The molecule has 106 valence electrons. The molecule has 0 heterocycles. The molecule has 0 amide bonds. The average molecular weight is 288 g/mol. The monoisotopic (exact) mass is 287 g/mol. The predicted molar refractivity (Wildman–Crippen MR) is 88.6 cm³/mol. The highest BCUT2D eigenvalue weighted by Crippen LogP contribution is 2.45. The number of hydrogen-bond donors (Lipinski definition) is 1. The summed E-state index contributed by atoms with van der Waals surface area (Å²) in [5, 5.41) is 3.47. The molecule has 1 aliphatic rings. The van der Waals surface area contributed by atoms with Crippen LogP contribution in [-0.2, 0) is 5.54 Å². The van der Waals surface area contributed by atoms with Gasteiger partial charge in [0.25, 0.3) is 0 Å². The van der Waals surface area contributed by atoms with Gasteiger partial charge in [-0.25, -0.2) is 0 Å². The summed E-state index contributed by atoms with van der Waals surface area (Å²) < 4.78 is 0. The van der Waals surface area contributed by atoms with E-state index >= 15 is 0 Å². The number of aryl methyl sites for hydroxylation is 2. The number of hydrogen-bond acceptors (Lipinski definition) is 1. The first-order chi connectivity index (χ1) is 9.14. The molecular formula is C18H22ClN. The summed E-state index contributed by atoms with van der Waals surface area (Å²) in [4.78, 5) is 0. The van der Waals surface area contributed by atoms with Crippen LogP contribution < -0.4 is 5.32 Å². The van der Waals surface area contributed by atoms with Crippen molar-refractivity contribution in [3.8, 4) is 11.1 Å². The van der Waals surface area contributed by atoms with Gasteiger partial charge in [-0.2, -0.15) is 0 Å². The fourth-order valence-electron chi connectivity index (χ4n) is 2.84. The van der Waals surface area contributed by atoms with Crippen molar-refractivity contribution in [2.24, 2.45) is 0 Å². The van der Waals surface area contributed by atoms with Gasteiger partial charge in [-0.1, -0.05) is 42.0 Å². The second-order valence-electron chi connectivity index (χ2n) is 5.73. The molecule has 3 rings (SSSR count). The molecule has 2 heteroatoms. The molecule has 1 N–H and O–H groups in total. The second kappa shape index (κ2) is 5.59. The van der Waals surface area contributed by atoms with Crippen molar-refractivity contribution >= 4 is 12.4 Å². The van der Waals surface area contributed by atoms with Gasteiger partial charge >= 0.3 is 0 Å². The van der Waals surface area contributed by atoms with Crippen molar-refractivity contribution in [2.45, 2.75) is 32.2 Å². The molecule has 0 bridgehead atoms. The topological polar surface area (TPSA) is 12.0 Å². The highest BCUT2D eigenvalue weighted by atomic mass is 35.5. The lowest BCUT2D eigenvalue weighted by atomic mass is 9.94. The number of rotatable bonds is 3. The Kier molecular flexibility index (Phi) is 4.22. The molecule has 0 radical (unpaired) electrons. The Morgan fingerprint density at radius 2 is 1.75 bits per heavy atom. The van der Waals surface area contributed by atoms with Crippen LogP contribution in [-0.4, -0.2) is 7.05 Å². The van der Waals surface area contributed by atoms with E-state index in [1.54, 1.807) is 0 Å². The van der Waals surface area contributed by atoms with Crippen LogP contribution in [0.1, 0.15) is 29.5 Å². The maximum atomic E-state index is 3.47. The fourth-order valence-corrected chi connectivity index (χ4v) is 2.84. The minimum atomic E-state index is 0. The second-order valence-corrected chi connectivity index (χ2v) is 5.73. The fraction of sp³-hybridized carbons (Fsp3) is 0.333. The van der Waals surface area contributed by atoms with E-state index in [1.807, 2.05) is 0 Å². The van der Waals surface area contributed by atoms with Gasteiger partial charge < -0.3 is 5.32 Å². The Labute approximate surface area is 127 Å². The first kappa shape index (κ1) is 15.1. The van der Waals surface area contributed by atoms with Gasteiger partial charge in [0.15, 0.2) is 0 Å². The first-order valence-corrected chi connectivity index (χ1v) is 7.02. The van der Waals surface area contributed by atoms with Gasteiger partial charge in [-0.05, 0) is 62.1 Å². The summed E-state index contributed by atoms with van der Waals surface area (Å²) in [6, 6.07) is 15.7. The van der Waals surface area contributed by atoms with Crippen LogP contribution in [0.15, 0.2) is 42.5 Å². The molecule has 0 spiro atoms. The lowest BCUT2D eigenvalue weighted by Crippen LogP contribution is -2.24. The van der Waals surface area contributed by atoms with Crippen molar-refractivity contribution in [2.75, 3.05) is 7.05 Å². The quantitative estimate of drug-likeness (QED) is 0.870. The summed E-state index contributed by atoms with van der Waals surface area (Å²) in [5.41, 5.74) is 7.02. The van der Waals surface area contributed by atoms with Crippen LogP contribution in [0.5, 0.6) is 0 Å². The minimum absolute atomic E-state index is 0. The van der Waals surface area contributed by atoms with Crippen molar-refractivity contribution in [1.82, 2.24) is 5.32 Å². The molecule has 2 aromatic carbocycles. The van der Waals surface area contributed by atoms with Gasteiger partial charge in [0.05, 0.1) is 0 Å². The van der Waals surface area contributed by atoms with E-state index in [9.17, 15) is 0 Å². The van der Waals surface area contributed by atoms with Crippen molar-refractivity contribution < 1.29 is 0 Å². The third kappa shape index (κ3) is 2.61. The van der Waals surface area contributed by atoms with Crippen LogP contribution >= 0.6 is 12.4 Å². The van der Waals surface area contributed by atoms with Crippen LogP contribution in [0.3, 0.4) is 0 Å². The summed E-state index contributed by atoms with van der Waals surface area (Å²) >= 11 is 0. The van der Waals surface area contributed by atoms with E-state index in [0.29, 0.717) is 0 Å². The Morgan fingerprint density at radius 3 is 2.40 bits per heavy atom. The molecule has 0 aliphatic heterocycles. The predicted octanol–water partition coefficient (Wildman–Crippen LogP) is 4.60. The normalized spacial score (nSPS) is 15.6. The van der Waals surface area contributed by atoms with Crippen molar-refractivity contribution in [3.05, 3.63) is 59.2 Å². The lowest BCUT2D eigenvalue weighted by molar-refractivity contribution is 0.586. The Bertz CT molecular complexity index is 615. The van der Waals surface area contributed by atoms with Gasteiger partial charge in [0, 0.05) is 5.54 Å². The molecule has 1 saturated carbocycles. The Balaban J connectivity index is 0.00000147. The van der Waals surface area contributed by atoms with Gasteiger partial charge in [-0.15, -0.1) is 12.4 Å². The highest BCUT2D eigenvalue weighted by molar-refractivity contribution is 5.85. The van der Waals surface area contributed by atoms with Crippen LogP contribution in [0.4, 0.5) is 0 Å². The van der Waals surface area contributed by atoms with Crippen LogP contribution in [0, 0.1) is 13.8 Å². The first-order valence-electron chi connectivity index (χ1n) is 7.02. The third-order valence-electron chi connectivity index (χ3n) is 4.35. The number of benzene rings is 2. The SMILES string of the molecule is CNC1(c2cccc(-c3cc(C)ccc3C)c2)CC1.Cl. The van der Waals surface area contributed by atoms with Crippen LogP contribution in [0.25, 0.3) is 11.1 Å². The Hall–Kier alpha value is -1.31. The van der Waals surface area contributed by atoms with E-state index in [4.69, 9.17) is 0 Å². The highest BCUT2D eigenvalue weighted by Gasteiger charge is 2.42. The standard InChI is InChI=1S/C18H21N.ClH/c1-13-7-8-14(2)17(11-13)15-5-4-6-16(12-15)18(19-3)9-10-18;/h4-8,11-12,19H,9-10H2,1-3H3;1H. The molecule has 1 fully saturated rings. The summed E-state index contributed by atoms with van der Waals surface area (Å²) in [5.74, 6) is 0. The summed E-state index contributed by atoms with van der Waals surface area (Å²) in [6.07, 6.45) is 2.50. The molecule has 0 atom stereocenters. The van der Waals surface area contributed by atoms with E-state index in [1.165, 1.54) is 40.7 Å². The smallest absolute Gasteiger partial charge is 0.0434 e. The van der Waals surface area contributed by atoms with Gasteiger partial charge in [0.2, 0.25) is 0 Å². The molecule has 1 nitrogen and oxygen atoms in total. The molecule has 20 heavy (non-hydrogen) atoms. The number of nitrogens with one attached hydrogen (secondary N) is 1. The molecule has 0 saturated heterocycles. The molecule has 0 unspecified atom stereocenters. The maximum absolute atomic E-state index is 3.47. The number of halogens is 1. The summed E-state index contributed by atoms with van der Waals surface area (Å²) in [7, 11) is 2.07. The third-order valence-corrected chi connectivity index (χ3v) is 4.35. The average Bonchev–Trinajstić information content (AvgIpc) is 3.23. The van der Waals surface area contributed by atoms with Crippen molar-refractivity contribution in [1.29, 1.82) is 0 Å². The zero-order valence-corrected chi connectivity index (χ0v) is 13.2. The van der Waals surface area contributed by atoms with Gasteiger partial charge in [-0.3, -0.25) is 0 Å². The molecule has 2 aromatic rings. The van der Waals surface area contributed by atoms with Crippen LogP contribution in [0.2, 0.25) is 0 Å². The largest absolute Gasteiger partial charge is 0.310 e. The lowest BCUT2D eigenvalue weighted by Gasteiger charge is -2.16. The zero-order chi connectivity index (χ0) is 13.5. The van der Waals surface area contributed by atoms with E-state index in [0.717, 1.165) is 0 Å². The van der Waals surface area contributed by atoms with E-state index in [-0.39, 0.29) is 17.9 Å². The Morgan fingerprint density at radius 1 is 1.00 bits per heavy atom. The summed E-state index contributed by atoms with van der Waals surface area (Å²) in [6.45, 7) is 4.34. The zero-order valence-electron chi connectivity index (χ0n) is 12.4. The van der Waals surface area contributed by atoms with E-state index in [2.05, 4.69) is 68.7 Å². The molecular weight excluding hydrogens is 266 g/mol. The molecule has 0 aromatic heterocycles. The maximum Gasteiger partial charge on any atom is 0.0434 e. The van der Waals surface area contributed by atoms with Gasteiger partial charge in [0.1, 0.15) is 0 Å². The van der Waals surface area contributed by atoms with E-state index < -0.39 is 0 Å². The van der Waals surface area contributed by atoms with Crippen molar-refractivity contribution in [3.63, 3.8) is 0 Å². The molecule has 1 aliphatic carbocycles. The minimum Gasteiger partial charge on any atom is -0.310 e.